The molecule has 0 bridgehead atoms. The zero-order valence-corrected chi connectivity index (χ0v) is 9.81. The highest BCUT2D eigenvalue weighted by molar-refractivity contribution is 5.85. The summed E-state index contributed by atoms with van der Waals surface area (Å²) >= 11 is 0. The molecule has 0 saturated heterocycles. The van der Waals surface area contributed by atoms with Gasteiger partial charge < -0.3 is 10.2 Å². The average Bonchev–Trinajstić information content (AvgIpc) is 2.39. The van der Waals surface area contributed by atoms with Gasteiger partial charge in [0.15, 0.2) is 5.60 Å². The molecule has 6 heteroatoms. The molecule has 0 saturated carbocycles. The number of rotatable bonds is 3. The summed E-state index contributed by atoms with van der Waals surface area (Å²) in [6.07, 6.45) is 4.12. The highest BCUT2D eigenvalue weighted by Gasteiger charge is 2.33. The van der Waals surface area contributed by atoms with Gasteiger partial charge in [-0.2, -0.15) is 0 Å². The van der Waals surface area contributed by atoms with Crippen molar-refractivity contribution in [1.82, 2.24) is 0 Å². The van der Waals surface area contributed by atoms with Gasteiger partial charge in [-0.05, 0) is 17.2 Å². The van der Waals surface area contributed by atoms with Crippen molar-refractivity contribution in [3.05, 3.63) is 58.2 Å². The van der Waals surface area contributed by atoms with Crippen molar-refractivity contribution in [3.8, 4) is 0 Å². The predicted octanol–water partition coefficient (Wildman–Crippen LogP) is 1.75. The van der Waals surface area contributed by atoms with E-state index in [4.69, 9.17) is 5.11 Å². The Morgan fingerprint density at radius 3 is 2.68 bits per heavy atom. The molecule has 6 nitrogen and oxygen atoms in total. The number of carbonyl (C=O) groups is 1. The summed E-state index contributed by atoms with van der Waals surface area (Å²) < 4.78 is 0. The second kappa shape index (κ2) is 4.66. The van der Waals surface area contributed by atoms with Crippen LogP contribution in [0, 0.1) is 10.1 Å². The Kier molecular flexibility index (Phi) is 3.18. The standard InChI is InChI=1S/C13H11NO5/c15-12(16)13(17)6-4-9(5-7-13)10-2-1-3-11(8-10)14(18)19/h1-6,8,17H,7H2,(H,15,16). The Balaban J connectivity index is 2.29. The maximum absolute atomic E-state index is 10.8. The number of carboxylic acids is 1. The van der Waals surface area contributed by atoms with Gasteiger partial charge in [0.05, 0.1) is 4.92 Å². The van der Waals surface area contributed by atoms with Crippen LogP contribution >= 0.6 is 0 Å². The Bertz CT molecular complexity index is 605. The first-order valence-corrected chi connectivity index (χ1v) is 5.52. The van der Waals surface area contributed by atoms with Gasteiger partial charge in [0, 0.05) is 18.6 Å². The van der Waals surface area contributed by atoms with Gasteiger partial charge in [-0.3, -0.25) is 10.1 Å². The number of nitro benzene ring substituents is 1. The normalized spacial score (nSPS) is 21.8. The van der Waals surface area contributed by atoms with Crippen molar-refractivity contribution in [2.75, 3.05) is 0 Å². The van der Waals surface area contributed by atoms with Crippen LogP contribution in [0.3, 0.4) is 0 Å². The molecule has 98 valence electrons. The van der Waals surface area contributed by atoms with Crippen LogP contribution in [-0.2, 0) is 4.79 Å². The number of nitro groups is 1. The molecule has 0 radical (unpaired) electrons. The van der Waals surface area contributed by atoms with Gasteiger partial charge in [-0.25, -0.2) is 4.79 Å². The summed E-state index contributed by atoms with van der Waals surface area (Å²) in [4.78, 5) is 21.0. The second-order valence-electron chi connectivity index (χ2n) is 4.23. The lowest BCUT2D eigenvalue weighted by molar-refractivity contribution is -0.384. The first kappa shape index (κ1) is 13.0. The summed E-state index contributed by atoms with van der Waals surface area (Å²) in [6.45, 7) is 0. The molecule has 1 aliphatic rings. The number of carboxylic acid groups (broad SMARTS) is 1. The van der Waals surface area contributed by atoms with Crippen LogP contribution in [0.4, 0.5) is 5.69 Å². The van der Waals surface area contributed by atoms with Crippen LogP contribution in [0.1, 0.15) is 12.0 Å². The van der Waals surface area contributed by atoms with E-state index in [1.807, 2.05) is 0 Å². The van der Waals surface area contributed by atoms with Crippen molar-refractivity contribution in [2.24, 2.45) is 0 Å². The van der Waals surface area contributed by atoms with Crippen LogP contribution in [-0.4, -0.2) is 26.7 Å². The summed E-state index contributed by atoms with van der Waals surface area (Å²) in [6, 6.07) is 6.03. The van der Waals surface area contributed by atoms with E-state index in [1.165, 1.54) is 24.3 Å². The largest absolute Gasteiger partial charge is 0.479 e. The fraction of sp³-hybridized carbons (Fsp3) is 0.154. The second-order valence-corrected chi connectivity index (χ2v) is 4.23. The van der Waals surface area contributed by atoms with Crippen LogP contribution in [0.5, 0.6) is 0 Å². The van der Waals surface area contributed by atoms with Crippen LogP contribution in [0.25, 0.3) is 5.57 Å². The van der Waals surface area contributed by atoms with Crippen LogP contribution < -0.4 is 0 Å². The van der Waals surface area contributed by atoms with E-state index in [2.05, 4.69) is 0 Å². The number of aliphatic hydroxyl groups is 1. The number of hydrogen-bond donors (Lipinski definition) is 2. The van der Waals surface area contributed by atoms with Crippen molar-refractivity contribution in [3.63, 3.8) is 0 Å². The Morgan fingerprint density at radius 2 is 2.16 bits per heavy atom. The zero-order chi connectivity index (χ0) is 14.0. The Morgan fingerprint density at radius 1 is 1.42 bits per heavy atom. The van der Waals surface area contributed by atoms with E-state index >= 15 is 0 Å². The van der Waals surface area contributed by atoms with E-state index in [9.17, 15) is 20.0 Å². The highest BCUT2D eigenvalue weighted by Crippen LogP contribution is 2.28. The first-order chi connectivity index (χ1) is 8.92. The summed E-state index contributed by atoms with van der Waals surface area (Å²) in [5, 5.41) is 29.2. The van der Waals surface area contributed by atoms with E-state index in [0.29, 0.717) is 11.1 Å². The quantitative estimate of drug-likeness (QED) is 0.637. The lowest BCUT2D eigenvalue weighted by atomic mass is 9.89. The third kappa shape index (κ3) is 2.53. The third-order valence-electron chi connectivity index (χ3n) is 2.93. The molecule has 0 aliphatic heterocycles. The smallest absolute Gasteiger partial charge is 0.340 e. The molecule has 0 amide bonds. The topological polar surface area (TPSA) is 101 Å². The molecule has 0 heterocycles. The van der Waals surface area contributed by atoms with Crippen LogP contribution in [0.15, 0.2) is 42.5 Å². The predicted molar refractivity (Wildman–Crippen MR) is 67.4 cm³/mol. The molecule has 0 fully saturated rings. The molecule has 0 aromatic heterocycles. The number of hydrogen-bond acceptors (Lipinski definition) is 4. The van der Waals surface area contributed by atoms with Crippen molar-refractivity contribution < 1.29 is 19.9 Å². The number of benzene rings is 1. The monoisotopic (exact) mass is 261 g/mol. The molecular formula is C13H11NO5. The number of non-ortho nitro benzene ring substituents is 1. The van der Waals surface area contributed by atoms with Gasteiger partial charge >= 0.3 is 5.97 Å². The zero-order valence-electron chi connectivity index (χ0n) is 9.81. The maximum Gasteiger partial charge on any atom is 0.340 e. The third-order valence-corrected chi connectivity index (χ3v) is 2.93. The molecule has 1 aromatic carbocycles. The molecule has 1 atom stereocenters. The van der Waals surface area contributed by atoms with Crippen molar-refractivity contribution >= 4 is 17.2 Å². The van der Waals surface area contributed by atoms with Gasteiger partial charge in [-0.1, -0.05) is 24.3 Å². The minimum Gasteiger partial charge on any atom is -0.479 e. The van der Waals surface area contributed by atoms with Crippen molar-refractivity contribution in [2.45, 2.75) is 12.0 Å². The van der Waals surface area contributed by atoms with Crippen molar-refractivity contribution in [1.29, 1.82) is 0 Å². The lowest BCUT2D eigenvalue weighted by Crippen LogP contribution is -2.36. The number of allylic oxidation sites excluding steroid dienone is 2. The van der Waals surface area contributed by atoms with E-state index in [0.717, 1.165) is 0 Å². The van der Waals surface area contributed by atoms with E-state index < -0.39 is 16.5 Å². The number of nitrogens with zero attached hydrogens (tertiary/aromatic N) is 1. The molecule has 1 aromatic rings. The minimum absolute atomic E-state index is 0.0362. The molecule has 1 unspecified atom stereocenters. The summed E-state index contributed by atoms with van der Waals surface area (Å²) in [7, 11) is 0. The maximum atomic E-state index is 10.8. The molecule has 0 spiro atoms. The van der Waals surface area contributed by atoms with E-state index in [1.54, 1.807) is 18.2 Å². The summed E-state index contributed by atoms with van der Waals surface area (Å²) in [5.41, 5.74) is -0.678. The number of aliphatic carboxylic acids is 1. The fourth-order valence-corrected chi connectivity index (χ4v) is 1.80. The van der Waals surface area contributed by atoms with Gasteiger partial charge in [0.25, 0.3) is 5.69 Å². The van der Waals surface area contributed by atoms with Gasteiger partial charge in [0.1, 0.15) is 0 Å². The summed E-state index contributed by atoms with van der Waals surface area (Å²) in [5.74, 6) is -1.32. The SMILES string of the molecule is O=C(O)C1(O)C=CC(c2cccc([N+](=O)[O-])c2)=CC1. The highest BCUT2D eigenvalue weighted by atomic mass is 16.6. The molecular weight excluding hydrogens is 250 g/mol. The van der Waals surface area contributed by atoms with E-state index in [-0.39, 0.29) is 12.1 Å². The first-order valence-electron chi connectivity index (χ1n) is 5.52. The molecule has 2 N–H and O–H groups in total. The molecule has 2 rings (SSSR count). The fourth-order valence-electron chi connectivity index (χ4n) is 1.80. The lowest BCUT2D eigenvalue weighted by Gasteiger charge is -2.21. The van der Waals surface area contributed by atoms with Gasteiger partial charge in [-0.15, -0.1) is 0 Å². The van der Waals surface area contributed by atoms with Gasteiger partial charge in [0.2, 0.25) is 0 Å². The molecule has 19 heavy (non-hydrogen) atoms. The molecule has 1 aliphatic carbocycles. The minimum atomic E-state index is -1.90. The Labute approximate surface area is 108 Å². The Hall–Kier alpha value is -2.47. The van der Waals surface area contributed by atoms with Crippen LogP contribution in [0.2, 0.25) is 0 Å². The average molecular weight is 261 g/mol.